The average Bonchev–Trinajstić information content (AvgIpc) is 2.78. The van der Waals surface area contributed by atoms with E-state index >= 15 is 0 Å². The monoisotopic (exact) mass is 325 g/mol. The summed E-state index contributed by atoms with van der Waals surface area (Å²) in [4.78, 5) is 13.7. The zero-order valence-electron chi connectivity index (χ0n) is 10.8. The summed E-state index contributed by atoms with van der Waals surface area (Å²) >= 11 is 3.12. The number of anilines is 1. The molecule has 19 heavy (non-hydrogen) atoms. The number of nitrogens with zero attached hydrogens (tertiary/aromatic N) is 3. The summed E-state index contributed by atoms with van der Waals surface area (Å²) in [5, 5.41) is 3.96. The third-order valence-corrected chi connectivity index (χ3v) is 3.55. The molecule has 2 aromatic rings. The molecule has 1 heterocycles. The van der Waals surface area contributed by atoms with E-state index in [1.165, 1.54) is 15.6 Å². The van der Waals surface area contributed by atoms with Crippen LogP contribution in [0.15, 0.2) is 28.9 Å². The normalized spacial score (nSPS) is 10.6. The van der Waals surface area contributed by atoms with Crippen molar-refractivity contribution in [1.29, 1.82) is 0 Å². The quantitative estimate of drug-likeness (QED) is 0.851. The predicted molar refractivity (Wildman–Crippen MR) is 74.8 cm³/mol. The maximum absolute atomic E-state index is 13.6. The van der Waals surface area contributed by atoms with Crippen LogP contribution in [0.3, 0.4) is 0 Å². The van der Waals surface area contributed by atoms with Crippen LogP contribution in [0.25, 0.3) is 0 Å². The molecule has 2 rings (SSSR count). The molecule has 6 heteroatoms. The van der Waals surface area contributed by atoms with Gasteiger partial charge in [-0.25, -0.2) is 4.39 Å². The summed E-state index contributed by atoms with van der Waals surface area (Å²) in [6.07, 6.45) is 1.55. The highest BCUT2D eigenvalue weighted by atomic mass is 79.9. The van der Waals surface area contributed by atoms with Gasteiger partial charge in [-0.05, 0) is 46.6 Å². The molecule has 0 atom stereocenters. The molecule has 0 aliphatic rings. The standard InChI is InChI=1S/C13H13BrFN3O/c1-8-6-9(14)10(15)7-12(8)17(2)13(19)11-4-5-16-18(11)3/h4-7H,1-3H3. The second kappa shape index (κ2) is 5.13. The Morgan fingerprint density at radius 1 is 1.47 bits per heavy atom. The van der Waals surface area contributed by atoms with Gasteiger partial charge < -0.3 is 4.90 Å². The minimum Gasteiger partial charge on any atom is -0.310 e. The highest BCUT2D eigenvalue weighted by Gasteiger charge is 2.19. The highest BCUT2D eigenvalue weighted by molar-refractivity contribution is 9.10. The fourth-order valence-corrected chi connectivity index (χ4v) is 2.32. The lowest BCUT2D eigenvalue weighted by atomic mass is 10.1. The van der Waals surface area contributed by atoms with Gasteiger partial charge in [-0.2, -0.15) is 5.10 Å². The maximum Gasteiger partial charge on any atom is 0.276 e. The van der Waals surface area contributed by atoms with E-state index in [2.05, 4.69) is 21.0 Å². The SMILES string of the molecule is Cc1cc(Br)c(F)cc1N(C)C(=O)c1ccnn1C. The largest absolute Gasteiger partial charge is 0.310 e. The first-order valence-corrected chi connectivity index (χ1v) is 6.43. The number of aryl methyl sites for hydroxylation is 2. The van der Waals surface area contributed by atoms with Crippen LogP contribution in [0.4, 0.5) is 10.1 Å². The first-order chi connectivity index (χ1) is 8.91. The Balaban J connectivity index is 2.40. The van der Waals surface area contributed by atoms with Crippen molar-refractivity contribution in [2.75, 3.05) is 11.9 Å². The minimum atomic E-state index is -0.398. The fraction of sp³-hybridized carbons (Fsp3) is 0.231. The number of hydrogen-bond donors (Lipinski definition) is 0. The first-order valence-electron chi connectivity index (χ1n) is 5.63. The zero-order chi connectivity index (χ0) is 14.2. The summed E-state index contributed by atoms with van der Waals surface area (Å²) in [7, 11) is 3.31. The molecular formula is C13H13BrFN3O. The van der Waals surface area contributed by atoms with E-state index < -0.39 is 5.82 Å². The Morgan fingerprint density at radius 3 is 2.74 bits per heavy atom. The van der Waals surface area contributed by atoms with Gasteiger partial charge >= 0.3 is 0 Å². The molecule has 0 aliphatic heterocycles. The number of rotatable bonds is 2. The first kappa shape index (κ1) is 13.7. The van der Waals surface area contributed by atoms with Crippen molar-refractivity contribution in [1.82, 2.24) is 9.78 Å². The lowest BCUT2D eigenvalue weighted by molar-refractivity contribution is 0.0984. The van der Waals surface area contributed by atoms with Crippen LogP contribution in [0.5, 0.6) is 0 Å². The van der Waals surface area contributed by atoms with Gasteiger partial charge in [0, 0.05) is 26.0 Å². The van der Waals surface area contributed by atoms with Gasteiger partial charge in [0.1, 0.15) is 11.5 Å². The number of amides is 1. The molecule has 0 saturated heterocycles. The molecule has 0 fully saturated rings. The van der Waals surface area contributed by atoms with Crippen molar-refractivity contribution in [2.45, 2.75) is 6.92 Å². The van der Waals surface area contributed by atoms with E-state index in [1.807, 2.05) is 6.92 Å². The van der Waals surface area contributed by atoms with Crippen LogP contribution in [0.1, 0.15) is 16.1 Å². The zero-order valence-corrected chi connectivity index (χ0v) is 12.4. The average molecular weight is 326 g/mol. The number of carbonyl (C=O) groups excluding carboxylic acids is 1. The number of hydrogen-bond acceptors (Lipinski definition) is 2. The summed E-state index contributed by atoms with van der Waals surface area (Å²) < 4.78 is 15.5. The van der Waals surface area contributed by atoms with Crippen LogP contribution >= 0.6 is 15.9 Å². The molecule has 0 saturated carbocycles. The minimum absolute atomic E-state index is 0.232. The van der Waals surface area contributed by atoms with E-state index in [0.717, 1.165) is 5.56 Å². The molecule has 0 unspecified atom stereocenters. The van der Waals surface area contributed by atoms with Crippen LogP contribution in [0, 0.1) is 12.7 Å². The van der Waals surface area contributed by atoms with Crippen LogP contribution < -0.4 is 4.90 Å². The Bertz CT molecular complexity index is 639. The molecule has 0 N–H and O–H groups in total. The summed E-state index contributed by atoms with van der Waals surface area (Å²) in [6.45, 7) is 1.83. The van der Waals surface area contributed by atoms with Crippen molar-refractivity contribution in [3.05, 3.63) is 45.9 Å². The Hall–Kier alpha value is -1.69. The molecule has 1 aromatic heterocycles. The van der Waals surface area contributed by atoms with E-state index in [1.54, 1.807) is 32.4 Å². The second-order valence-electron chi connectivity index (χ2n) is 4.26. The van der Waals surface area contributed by atoms with Crippen molar-refractivity contribution >= 4 is 27.5 Å². The molecule has 1 aromatic carbocycles. The molecular weight excluding hydrogens is 313 g/mol. The Labute approximate surface area is 119 Å². The van der Waals surface area contributed by atoms with Gasteiger partial charge in [-0.3, -0.25) is 9.48 Å². The molecule has 0 spiro atoms. The van der Waals surface area contributed by atoms with Crippen molar-refractivity contribution in [3.63, 3.8) is 0 Å². The lowest BCUT2D eigenvalue weighted by Gasteiger charge is -2.20. The highest BCUT2D eigenvalue weighted by Crippen LogP contribution is 2.27. The summed E-state index contributed by atoms with van der Waals surface area (Å²) in [6, 6.07) is 4.62. The number of halogens is 2. The number of aromatic nitrogens is 2. The molecule has 100 valence electrons. The predicted octanol–water partition coefficient (Wildman–Crippen LogP) is 2.91. The number of benzene rings is 1. The summed E-state index contributed by atoms with van der Waals surface area (Å²) in [5.74, 6) is -0.630. The lowest BCUT2D eigenvalue weighted by Crippen LogP contribution is -2.29. The Morgan fingerprint density at radius 2 is 2.16 bits per heavy atom. The molecule has 0 bridgehead atoms. The van der Waals surface area contributed by atoms with Gasteiger partial charge in [0.05, 0.1) is 4.47 Å². The second-order valence-corrected chi connectivity index (χ2v) is 5.11. The third-order valence-electron chi connectivity index (χ3n) is 2.94. The molecule has 0 aliphatic carbocycles. The van der Waals surface area contributed by atoms with Gasteiger partial charge in [-0.1, -0.05) is 0 Å². The maximum atomic E-state index is 13.6. The van der Waals surface area contributed by atoms with Gasteiger partial charge in [0.2, 0.25) is 0 Å². The van der Waals surface area contributed by atoms with Crippen molar-refractivity contribution in [2.24, 2.45) is 7.05 Å². The topological polar surface area (TPSA) is 38.1 Å². The Kier molecular flexibility index (Phi) is 3.71. The fourth-order valence-electron chi connectivity index (χ4n) is 1.86. The van der Waals surface area contributed by atoms with Crippen LogP contribution in [-0.2, 0) is 7.05 Å². The molecule has 1 amide bonds. The summed E-state index contributed by atoms with van der Waals surface area (Å²) in [5.41, 5.74) is 1.79. The third kappa shape index (κ3) is 2.53. The van der Waals surface area contributed by atoms with Gasteiger partial charge in [0.15, 0.2) is 0 Å². The number of carbonyl (C=O) groups is 1. The van der Waals surface area contributed by atoms with Gasteiger partial charge in [0.25, 0.3) is 5.91 Å². The van der Waals surface area contributed by atoms with E-state index in [0.29, 0.717) is 15.9 Å². The van der Waals surface area contributed by atoms with Crippen molar-refractivity contribution in [3.8, 4) is 0 Å². The van der Waals surface area contributed by atoms with Crippen LogP contribution in [0.2, 0.25) is 0 Å². The van der Waals surface area contributed by atoms with Crippen LogP contribution in [-0.4, -0.2) is 22.7 Å². The van der Waals surface area contributed by atoms with Crippen molar-refractivity contribution < 1.29 is 9.18 Å². The van der Waals surface area contributed by atoms with Gasteiger partial charge in [-0.15, -0.1) is 0 Å². The van der Waals surface area contributed by atoms with E-state index in [4.69, 9.17) is 0 Å². The van der Waals surface area contributed by atoms with E-state index in [-0.39, 0.29) is 5.91 Å². The molecule has 0 radical (unpaired) electrons. The smallest absolute Gasteiger partial charge is 0.276 e. The van der Waals surface area contributed by atoms with E-state index in [9.17, 15) is 9.18 Å². The molecule has 4 nitrogen and oxygen atoms in total.